The molecule has 0 saturated carbocycles. The molecule has 0 nitrogen and oxygen atoms in total. The second-order valence-electron chi connectivity index (χ2n) is 3.36. The predicted octanol–water partition coefficient (Wildman–Crippen LogP) is 4.88. The van der Waals surface area contributed by atoms with Gasteiger partial charge in [-0.25, -0.2) is 4.39 Å². The molecule has 0 unspecified atom stereocenters. The van der Waals surface area contributed by atoms with Crippen LogP contribution in [0.2, 0.25) is 0 Å². The van der Waals surface area contributed by atoms with E-state index in [1.807, 2.05) is 48.5 Å². The fourth-order valence-electron chi connectivity index (χ4n) is 1.42. The lowest BCUT2D eigenvalue weighted by Gasteiger charge is -2.03. The number of benzene rings is 2. The highest BCUT2D eigenvalue weighted by atomic mass is 79.9. The summed E-state index contributed by atoms with van der Waals surface area (Å²) in [7, 11) is 0. The van der Waals surface area contributed by atoms with Crippen molar-refractivity contribution in [2.24, 2.45) is 0 Å². The van der Waals surface area contributed by atoms with Crippen molar-refractivity contribution in [3.8, 4) is 0 Å². The summed E-state index contributed by atoms with van der Waals surface area (Å²) in [6.07, 6.45) is 0. The van der Waals surface area contributed by atoms with Crippen molar-refractivity contribution in [1.82, 2.24) is 0 Å². The van der Waals surface area contributed by atoms with Crippen LogP contribution in [-0.4, -0.2) is 0 Å². The molecule has 0 aliphatic rings. The molecule has 2 aromatic carbocycles. The molecular weight excluding hydrogens is 267 g/mol. The Labute approximate surface area is 103 Å². The summed E-state index contributed by atoms with van der Waals surface area (Å²) in [5.41, 5.74) is 1.42. The third kappa shape index (κ3) is 2.39. The normalized spacial score (nSPS) is 12.1. The molecule has 80 valence electrons. The Bertz CT molecular complexity index is 441. The summed E-state index contributed by atoms with van der Waals surface area (Å²) >= 11 is 3.29. The average Bonchev–Trinajstić information content (AvgIpc) is 2.39. The van der Waals surface area contributed by atoms with Crippen LogP contribution in [0.5, 0.6) is 0 Å². The van der Waals surface area contributed by atoms with Crippen LogP contribution in [0.25, 0.3) is 10.3 Å². The van der Waals surface area contributed by atoms with Gasteiger partial charge in [0.25, 0.3) is 0 Å². The minimum absolute atomic E-state index is 0.244. The van der Waals surface area contributed by atoms with Gasteiger partial charge in [-0.1, -0.05) is 60.7 Å². The van der Waals surface area contributed by atoms with Crippen molar-refractivity contribution in [3.05, 3.63) is 71.8 Å². The zero-order valence-electron chi connectivity index (χ0n) is 8.53. The van der Waals surface area contributed by atoms with Gasteiger partial charge in [0.1, 0.15) is 5.83 Å². The van der Waals surface area contributed by atoms with Crippen molar-refractivity contribution >= 4 is 26.2 Å². The van der Waals surface area contributed by atoms with Crippen LogP contribution in [0, 0.1) is 0 Å². The van der Waals surface area contributed by atoms with E-state index in [9.17, 15) is 4.39 Å². The molecular formula is C14H10BrF. The van der Waals surface area contributed by atoms with Crippen molar-refractivity contribution in [1.29, 1.82) is 0 Å². The number of hydrogen-bond donors (Lipinski definition) is 0. The maximum absolute atomic E-state index is 14.0. The second kappa shape index (κ2) is 5.08. The Balaban J connectivity index is 2.43. The molecule has 0 amide bonds. The van der Waals surface area contributed by atoms with Gasteiger partial charge >= 0.3 is 0 Å². The summed E-state index contributed by atoms with van der Waals surface area (Å²) in [4.78, 5) is 0. The molecule has 0 bridgehead atoms. The summed E-state index contributed by atoms with van der Waals surface area (Å²) in [6.45, 7) is 0. The maximum Gasteiger partial charge on any atom is 0.145 e. The van der Waals surface area contributed by atoms with Crippen LogP contribution in [0.1, 0.15) is 11.1 Å². The van der Waals surface area contributed by atoms with Crippen LogP contribution in [-0.2, 0) is 0 Å². The first-order chi connectivity index (χ1) is 7.79. The van der Waals surface area contributed by atoms with Crippen molar-refractivity contribution in [2.75, 3.05) is 0 Å². The molecule has 16 heavy (non-hydrogen) atoms. The highest BCUT2D eigenvalue weighted by Crippen LogP contribution is 2.31. The first-order valence-corrected chi connectivity index (χ1v) is 5.74. The number of hydrogen-bond acceptors (Lipinski definition) is 0. The average molecular weight is 277 g/mol. The van der Waals surface area contributed by atoms with Crippen molar-refractivity contribution < 1.29 is 4.39 Å². The van der Waals surface area contributed by atoms with Gasteiger partial charge in [-0.3, -0.25) is 0 Å². The smallest absolute Gasteiger partial charge is 0.145 e. The fraction of sp³-hybridized carbons (Fsp3) is 0. The van der Waals surface area contributed by atoms with Gasteiger partial charge in [0.15, 0.2) is 0 Å². The van der Waals surface area contributed by atoms with E-state index in [2.05, 4.69) is 15.9 Å². The van der Waals surface area contributed by atoms with E-state index in [-0.39, 0.29) is 5.83 Å². The lowest BCUT2D eigenvalue weighted by atomic mass is 10.1. The van der Waals surface area contributed by atoms with E-state index in [1.54, 1.807) is 12.1 Å². The molecule has 2 aromatic rings. The first-order valence-electron chi connectivity index (χ1n) is 4.95. The molecule has 2 rings (SSSR count). The Morgan fingerprint density at radius 2 is 1.19 bits per heavy atom. The Kier molecular flexibility index (Phi) is 3.52. The highest BCUT2D eigenvalue weighted by molar-refractivity contribution is 9.15. The number of rotatable bonds is 2. The van der Waals surface area contributed by atoms with Gasteiger partial charge in [-0.15, -0.1) is 0 Å². The summed E-state index contributed by atoms with van der Waals surface area (Å²) in [6, 6.07) is 18.4. The predicted molar refractivity (Wildman–Crippen MR) is 69.7 cm³/mol. The van der Waals surface area contributed by atoms with E-state index < -0.39 is 0 Å². The van der Waals surface area contributed by atoms with Gasteiger partial charge in [-0.05, 0) is 21.5 Å². The molecule has 0 aliphatic heterocycles. The maximum atomic E-state index is 14.0. The zero-order valence-corrected chi connectivity index (χ0v) is 10.1. The van der Waals surface area contributed by atoms with Gasteiger partial charge in [0.2, 0.25) is 0 Å². The topological polar surface area (TPSA) is 0 Å². The third-order valence-electron chi connectivity index (χ3n) is 2.25. The third-order valence-corrected chi connectivity index (χ3v) is 3.05. The van der Waals surface area contributed by atoms with Gasteiger partial charge in [-0.2, -0.15) is 0 Å². The molecule has 0 heterocycles. The zero-order chi connectivity index (χ0) is 11.4. The van der Waals surface area contributed by atoms with Crippen molar-refractivity contribution in [2.45, 2.75) is 0 Å². The fourth-order valence-corrected chi connectivity index (χ4v) is 1.92. The summed E-state index contributed by atoms with van der Waals surface area (Å²) < 4.78 is 14.5. The minimum Gasteiger partial charge on any atom is -0.205 e. The SMILES string of the molecule is F/C(=C(\Br)c1ccccc1)c1ccccc1. The van der Waals surface area contributed by atoms with Gasteiger partial charge in [0, 0.05) is 5.56 Å². The molecule has 0 aliphatic carbocycles. The number of halogens is 2. The van der Waals surface area contributed by atoms with Crippen molar-refractivity contribution in [3.63, 3.8) is 0 Å². The molecule has 0 spiro atoms. The van der Waals surface area contributed by atoms with Crippen LogP contribution < -0.4 is 0 Å². The highest BCUT2D eigenvalue weighted by Gasteiger charge is 2.07. The second-order valence-corrected chi connectivity index (χ2v) is 4.15. The molecule has 0 atom stereocenters. The Hall–Kier alpha value is -1.41. The van der Waals surface area contributed by atoms with Gasteiger partial charge in [0.05, 0.1) is 4.48 Å². The van der Waals surface area contributed by atoms with Gasteiger partial charge < -0.3 is 0 Å². The molecule has 0 aromatic heterocycles. The quantitative estimate of drug-likeness (QED) is 0.686. The van der Waals surface area contributed by atoms with Crippen LogP contribution in [0.15, 0.2) is 60.7 Å². The molecule has 0 radical (unpaired) electrons. The first kappa shape index (κ1) is 11.1. The minimum atomic E-state index is -0.244. The summed E-state index contributed by atoms with van der Waals surface area (Å²) in [5, 5.41) is 0. The Morgan fingerprint density at radius 3 is 1.69 bits per heavy atom. The molecule has 0 saturated heterocycles. The molecule has 2 heteroatoms. The van der Waals surface area contributed by atoms with E-state index in [4.69, 9.17) is 0 Å². The van der Waals surface area contributed by atoms with Crippen LogP contribution >= 0.6 is 15.9 Å². The lowest BCUT2D eigenvalue weighted by molar-refractivity contribution is 0.764. The largest absolute Gasteiger partial charge is 0.205 e. The molecule has 0 fully saturated rings. The standard InChI is InChI=1S/C14H10BrF/c15-13(11-7-3-1-4-8-11)14(16)12-9-5-2-6-10-12/h1-10H/b14-13-. The monoisotopic (exact) mass is 276 g/mol. The van der Waals surface area contributed by atoms with E-state index >= 15 is 0 Å². The van der Waals surface area contributed by atoms with E-state index in [1.165, 1.54) is 0 Å². The summed E-state index contributed by atoms with van der Waals surface area (Å²) in [5.74, 6) is -0.244. The Morgan fingerprint density at radius 1 is 0.750 bits per heavy atom. The van der Waals surface area contributed by atoms with E-state index in [0.717, 1.165) is 5.56 Å². The lowest BCUT2D eigenvalue weighted by Crippen LogP contribution is -1.82. The van der Waals surface area contributed by atoms with Crippen LogP contribution in [0.4, 0.5) is 4.39 Å². The van der Waals surface area contributed by atoms with E-state index in [0.29, 0.717) is 10.0 Å². The van der Waals surface area contributed by atoms with Crippen LogP contribution in [0.3, 0.4) is 0 Å². The molecule has 0 N–H and O–H groups in total.